The van der Waals surface area contributed by atoms with Crippen LogP contribution in [0, 0.1) is 24.6 Å². The Morgan fingerprint density at radius 3 is 2.62 bits per heavy atom. The van der Waals surface area contributed by atoms with Crippen molar-refractivity contribution in [2.24, 2.45) is 11.8 Å². The molecule has 1 aromatic carbocycles. The molecule has 0 spiro atoms. The van der Waals surface area contributed by atoms with Crippen LogP contribution in [0.2, 0.25) is 5.02 Å². The highest BCUT2D eigenvalue weighted by Crippen LogP contribution is 2.36. The first-order valence-electron chi connectivity index (χ1n) is 8.61. The number of piperidine rings is 1. The average molecular weight is 355 g/mol. The lowest BCUT2D eigenvalue weighted by atomic mass is 9.71. The summed E-state index contributed by atoms with van der Waals surface area (Å²) in [5.74, 6) is -0.454. The predicted octanol–water partition coefficient (Wildman–Crippen LogP) is 2.66. The molecule has 1 aliphatic heterocycles. The van der Waals surface area contributed by atoms with Gasteiger partial charge in [0.1, 0.15) is 5.82 Å². The van der Waals surface area contributed by atoms with E-state index in [-0.39, 0.29) is 28.6 Å². The van der Waals surface area contributed by atoms with Gasteiger partial charge in [-0.2, -0.15) is 0 Å². The fraction of sp³-hybridized carbons (Fsp3) is 0.611. The average Bonchev–Trinajstić information content (AvgIpc) is 2.55. The van der Waals surface area contributed by atoms with Crippen LogP contribution in [0.15, 0.2) is 12.1 Å². The zero-order valence-electron chi connectivity index (χ0n) is 13.8. The van der Waals surface area contributed by atoms with Gasteiger partial charge in [0.25, 0.3) is 5.91 Å². The molecule has 3 rings (SSSR count). The predicted molar refractivity (Wildman–Crippen MR) is 91.7 cm³/mol. The number of halogens is 2. The van der Waals surface area contributed by atoms with Gasteiger partial charge in [-0.05, 0) is 69.2 Å². The quantitative estimate of drug-likeness (QED) is 0.779. The summed E-state index contributed by atoms with van der Waals surface area (Å²) < 4.78 is 14.1. The van der Waals surface area contributed by atoms with Gasteiger partial charge in [0, 0.05) is 6.04 Å². The third-order valence-electron chi connectivity index (χ3n) is 5.36. The van der Waals surface area contributed by atoms with Gasteiger partial charge in [-0.1, -0.05) is 17.7 Å². The lowest BCUT2D eigenvalue weighted by Crippen LogP contribution is -2.53. The molecule has 1 amide bonds. The molecule has 0 bridgehead atoms. The highest BCUT2D eigenvalue weighted by Gasteiger charge is 2.39. The third kappa shape index (κ3) is 3.58. The monoisotopic (exact) mass is 354 g/mol. The van der Waals surface area contributed by atoms with E-state index in [1.165, 1.54) is 6.07 Å². The van der Waals surface area contributed by atoms with Crippen molar-refractivity contribution >= 4 is 17.5 Å². The molecule has 132 valence electrons. The van der Waals surface area contributed by atoms with Crippen LogP contribution in [0.4, 0.5) is 4.39 Å². The second kappa shape index (κ2) is 7.38. The summed E-state index contributed by atoms with van der Waals surface area (Å²) in [4.78, 5) is 12.7. The zero-order chi connectivity index (χ0) is 17.3. The van der Waals surface area contributed by atoms with Crippen molar-refractivity contribution < 1.29 is 14.3 Å². The van der Waals surface area contributed by atoms with E-state index in [1.54, 1.807) is 13.0 Å². The van der Waals surface area contributed by atoms with Crippen molar-refractivity contribution in [1.82, 2.24) is 10.6 Å². The first kappa shape index (κ1) is 17.6. The summed E-state index contributed by atoms with van der Waals surface area (Å²) in [5, 5.41) is 16.2. The third-order valence-corrected chi connectivity index (χ3v) is 5.85. The number of aliphatic hydroxyl groups excluding tert-OH is 1. The van der Waals surface area contributed by atoms with Crippen LogP contribution < -0.4 is 10.6 Å². The van der Waals surface area contributed by atoms with Gasteiger partial charge in [-0.3, -0.25) is 4.79 Å². The van der Waals surface area contributed by atoms with Crippen molar-refractivity contribution in [2.45, 2.75) is 44.8 Å². The maximum absolute atomic E-state index is 14.1. The summed E-state index contributed by atoms with van der Waals surface area (Å²) >= 11 is 6.16. The fourth-order valence-electron chi connectivity index (χ4n) is 3.84. The number of amides is 1. The summed E-state index contributed by atoms with van der Waals surface area (Å²) in [7, 11) is 0. The lowest BCUT2D eigenvalue weighted by molar-refractivity contribution is 0.00914. The van der Waals surface area contributed by atoms with Crippen LogP contribution in [0.1, 0.15) is 41.6 Å². The van der Waals surface area contributed by atoms with Crippen LogP contribution >= 0.6 is 11.6 Å². The lowest BCUT2D eigenvalue weighted by Gasteiger charge is -2.43. The normalized spacial score (nSPS) is 25.8. The first-order chi connectivity index (χ1) is 11.5. The zero-order valence-corrected chi connectivity index (χ0v) is 14.6. The summed E-state index contributed by atoms with van der Waals surface area (Å²) in [6, 6.07) is 2.81. The maximum atomic E-state index is 14.1. The Hall–Kier alpha value is -1.17. The molecule has 2 aliphatic rings. The van der Waals surface area contributed by atoms with Gasteiger partial charge < -0.3 is 15.7 Å². The molecule has 1 saturated heterocycles. The summed E-state index contributed by atoms with van der Waals surface area (Å²) in [6.45, 7) is 3.60. The van der Waals surface area contributed by atoms with Gasteiger partial charge in [0.05, 0.1) is 16.7 Å². The smallest absolute Gasteiger partial charge is 0.256 e. The van der Waals surface area contributed by atoms with Crippen molar-refractivity contribution in [3.05, 3.63) is 34.1 Å². The van der Waals surface area contributed by atoms with Gasteiger partial charge in [-0.25, -0.2) is 4.39 Å². The molecule has 2 fully saturated rings. The largest absolute Gasteiger partial charge is 0.393 e. The molecular formula is C18H24ClFN2O2. The van der Waals surface area contributed by atoms with Crippen LogP contribution in [-0.4, -0.2) is 36.2 Å². The molecule has 1 heterocycles. The second-order valence-corrected chi connectivity index (χ2v) is 7.40. The van der Waals surface area contributed by atoms with E-state index in [1.807, 2.05) is 0 Å². The second-order valence-electron chi connectivity index (χ2n) is 7.03. The van der Waals surface area contributed by atoms with Crippen molar-refractivity contribution in [3.8, 4) is 0 Å². The molecular weight excluding hydrogens is 331 g/mol. The fourth-order valence-corrected chi connectivity index (χ4v) is 4.07. The Balaban J connectivity index is 1.79. The highest BCUT2D eigenvalue weighted by molar-refractivity contribution is 6.34. The number of hydrogen-bond acceptors (Lipinski definition) is 3. The van der Waals surface area contributed by atoms with Crippen molar-refractivity contribution in [3.63, 3.8) is 0 Å². The van der Waals surface area contributed by atoms with Crippen LogP contribution in [0.5, 0.6) is 0 Å². The minimum absolute atomic E-state index is 0.0426. The Morgan fingerprint density at radius 2 is 2.00 bits per heavy atom. The van der Waals surface area contributed by atoms with Gasteiger partial charge in [0.2, 0.25) is 0 Å². The summed E-state index contributed by atoms with van der Waals surface area (Å²) in [6.07, 6.45) is 3.05. The first-order valence-corrected chi connectivity index (χ1v) is 8.99. The van der Waals surface area contributed by atoms with E-state index in [2.05, 4.69) is 10.6 Å². The number of rotatable bonds is 4. The van der Waals surface area contributed by atoms with E-state index < -0.39 is 11.7 Å². The SMILES string of the molecule is Cc1ccc(F)c(C(=O)NC(C2CCNCC2)C2CC(O)C2)c1Cl. The Morgan fingerprint density at radius 1 is 1.33 bits per heavy atom. The molecule has 1 atom stereocenters. The number of carbonyl (C=O) groups is 1. The molecule has 0 radical (unpaired) electrons. The van der Waals surface area contributed by atoms with E-state index >= 15 is 0 Å². The number of hydrogen-bond donors (Lipinski definition) is 3. The standard InChI is InChI=1S/C18H24ClFN2O2/c1-10-2-3-14(20)15(16(10)19)18(24)22-17(12-8-13(23)9-12)11-4-6-21-7-5-11/h2-3,11-13,17,21,23H,4-9H2,1H3,(H,22,24). The van der Waals surface area contributed by atoms with E-state index in [9.17, 15) is 14.3 Å². The molecule has 1 aromatic rings. The molecule has 1 saturated carbocycles. The topological polar surface area (TPSA) is 61.4 Å². The number of aliphatic hydroxyl groups is 1. The van der Waals surface area contributed by atoms with Crippen LogP contribution in [0.25, 0.3) is 0 Å². The van der Waals surface area contributed by atoms with Crippen molar-refractivity contribution in [1.29, 1.82) is 0 Å². The minimum Gasteiger partial charge on any atom is -0.393 e. The van der Waals surface area contributed by atoms with Gasteiger partial charge >= 0.3 is 0 Å². The molecule has 24 heavy (non-hydrogen) atoms. The number of carbonyl (C=O) groups excluding carboxylic acids is 1. The molecule has 0 aromatic heterocycles. The van der Waals surface area contributed by atoms with E-state index in [4.69, 9.17) is 11.6 Å². The maximum Gasteiger partial charge on any atom is 0.256 e. The summed E-state index contributed by atoms with van der Waals surface area (Å²) in [5.41, 5.74) is 0.608. The molecule has 1 unspecified atom stereocenters. The molecule has 1 aliphatic carbocycles. The molecule has 4 nitrogen and oxygen atoms in total. The number of nitrogens with one attached hydrogen (secondary N) is 2. The minimum atomic E-state index is -0.596. The Kier molecular flexibility index (Phi) is 5.42. The highest BCUT2D eigenvalue weighted by atomic mass is 35.5. The number of aryl methyl sites for hydroxylation is 1. The van der Waals surface area contributed by atoms with Crippen molar-refractivity contribution in [2.75, 3.05) is 13.1 Å². The van der Waals surface area contributed by atoms with Gasteiger partial charge in [0.15, 0.2) is 0 Å². The van der Waals surface area contributed by atoms with Crippen LogP contribution in [-0.2, 0) is 0 Å². The van der Waals surface area contributed by atoms with E-state index in [0.29, 0.717) is 24.3 Å². The molecule has 6 heteroatoms. The Bertz CT molecular complexity index is 613. The van der Waals surface area contributed by atoms with Gasteiger partial charge in [-0.15, -0.1) is 0 Å². The van der Waals surface area contributed by atoms with E-state index in [0.717, 1.165) is 25.9 Å². The molecule has 3 N–H and O–H groups in total. The number of benzene rings is 1. The Labute approximate surface area is 146 Å². The van der Waals surface area contributed by atoms with Crippen LogP contribution in [0.3, 0.4) is 0 Å².